The van der Waals surface area contributed by atoms with Gasteiger partial charge in [0.1, 0.15) is 12.2 Å². The Morgan fingerprint density at radius 2 is 2.24 bits per heavy atom. The summed E-state index contributed by atoms with van der Waals surface area (Å²) in [5.41, 5.74) is 1.04. The van der Waals surface area contributed by atoms with E-state index in [0.29, 0.717) is 16.3 Å². The van der Waals surface area contributed by atoms with Gasteiger partial charge in [-0.3, -0.25) is 9.78 Å². The van der Waals surface area contributed by atoms with Gasteiger partial charge < -0.3 is 15.5 Å². The minimum Gasteiger partial charge on any atom is -0.388 e. The number of halogens is 1. The number of rotatable bonds is 4. The highest BCUT2D eigenvalue weighted by atomic mass is 35.5. The number of carbonyl (C=O) groups excluding carboxylic acids is 1. The average Bonchev–Trinajstić information content (AvgIpc) is 2.25. The fourth-order valence-electron chi connectivity index (χ4n) is 1.40. The van der Waals surface area contributed by atoms with Crippen molar-refractivity contribution in [3.05, 3.63) is 28.5 Å². The molecule has 1 heterocycles. The van der Waals surface area contributed by atoms with Crippen LogP contribution in [0.25, 0.3) is 0 Å². The standard InChI is InChI=1S/C11H15ClN2O3/c1-6-3-8(12)4-14-10(6)11(17)9(16)5-13-7(2)15/h3-4,9,11,16-17H,5H2,1-2H3,(H,13,15). The second kappa shape index (κ2) is 5.95. The van der Waals surface area contributed by atoms with Crippen molar-refractivity contribution >= 4 is 17.5 Å². The van der Waals surface area contributed by atoms with Gasteiger partial charge in [0.2, 0.25) is 5.91 Å². The molecule has 1 aromatic rings. The van der Waals surface area contributed by atoms with Gasteiger partial charge in [0.25, 0.3) is 0 Å². The van der Waals surface area contributed by atoms with Gasteiger partial charge in [0.15, 0.2) is 0 Å². The molecule has 3 N–H and O–H groups in total. The third kappa shape index (κ3) is 3.96. The molecule has 0 saturated heterocycles. The van der Waals surface area contributed by atoms with E-state index in [1.807, 2.05) is 0 Å². The minimum atomic E-state index is -1.15. The molecular weight excluding hydrogens is 244 g/mol. The Labute approximate surface area is 104 Å². The Morgan fingerprint density at radius 3 is 2.76 bits per heavy atom. The number of amides is 1. The van der Waals surface area contributed by atoms with Crippen LogP contribution in [-0.2, 0) is 4.79 Å². The first-order valence-electron chi connectivity index (χ1n) is 5.14. The summed E-state index contributed by atoms with van der Waals surface area (Å²) in [6, 6.07) is 1.65. The molecule has 6 heteroatoms. The van der Waals surface area contributed by atoms with Gasteiger partial charge in [-0.2, -0.15) is 0 Å². The third-order valence-corrected chi connectivity index (χ3v) is 2.50. The molecule has 0 saturated carbocycles. The normalized spacial score (nSPS) is 14.2. The molecule has 1 rings (SSSR count). The summed E-state index contributed by atoms with van der Waals surface area (Å²) in [4.78, 5) is 14.7. The Morgan fingerprint density at radius 1 is 1.59 bits per heavy atom. The smallest absolute Gasteiger partial charge is 0.216 e. The van der Waals surface area contributed by atoms with Crippen molar-refractivity contribution in [2.45, 2.75) is 26.1 Å². The van der Waals surface area contributed by atoms with Gasteiger partial charge in [-0.05, 0) is 18.6 Å². The Bertz CT molecular complexity index is 412. The van der Waals surface area contributed by atoms with E-state index in [1.54, 1.807) is 13.0 Å². The lowest BCUT2D eigenvalue weighted by Crippen LogP contribution is -2.34. The predicted molar refractivity (Wildman–Crippen MR) is 63.6 cm³/mol. The zero-order chi connectivity index (χ0) is 13.0. The molecule has 0 aliphatic rings. The zero-order valence-corrected chi connectivity index (χ0v) is 10.4. The van der Waals surface area contributed by atoms with Crippen molar-refractivity contribution in [1.29, 1.82) is 0 Å². The van der Waals surface area contributed by atoms with E-state index >= 15 is 0 Å². The van der Waals surface area contributed by atoms with Gasteiger partial charge in [-0.15, -0.1) is 0 Å². The zero-order valence-electron chi connectivity index (χ0n) is 9.64. The molecule has 0 aromatic carbocycles. The Balaban J connectivity index is 2.74. The van der Waals surface area contributed by atoms with Crippen LogP contribution >= 0.6 is 11.6 Å². The summed E-state index contributed by atoms with van der Waals surface area (Å²) in [5.74, 6) is -0.267. The molecule has 0 radical (unpaired) electrons. The van der Waals surface area contributed by atoms with Crippen LogP contribution in [0.4, 0.5) is 0 Å². The topological polar surface area (TPSA) is 82.5 Å². The van der Waals surface area contributed by atoms with E-state index in [9.17, 15) is 15.0 Å². The first-order chi connectivity index (χ1) is 7.91. The molecule has 0 aliphatic heterocycles. The number of carbonyl (C=O) groups is 1. The van der Waals surface area contributed by atoms with E-state index in [1.165, 1.54) is 13.1 Å². The summed E-state index contributed by atoms with van der Waals surface area (Å²) in [6.07, 6.45) is -0.858. The predicted octanol–water partition coefficient (Wildman–Crippen LogP) is 0.574. The summed E-state index contributed by atoms with van der Waals surface area (Å²) >= 11 is 5.74. The largest absolute Gasteiger partial charge is 0.388 e. The number of aliphatic hydroxyl groups is 2. The third-order valence-electron chi connectivity index (χ3n) is 2.29. The van der Waals surface area contributed by atoms with Crippen molar-refractivity contribution in [1.82, 2.24) is 10.3 Å². The molecule has 2 atom stereocenters. The van der Waals surface area contributed by atoms with E-state index in [-0.39, 0.29) is 12.5 Å². The summed E-state index contributed by atoms with van der Waals surface area (Å²) < 4.78 is 0. The molecule has 1 aromatic heterocycles. The van der Waals surface area contributed by atoms with Crippen LogP contribution in [-0.4, -0.2) is 33.8 Å². The van der Waals surface area contributed by atoms with Crippen LogP contribution in [0.3, 0.4) is 0 Å². The van der Waals surface area contributed by atoms with Crippen LogP contribution in [0.5, 0.6) is 0 Å². The van der Waals surface area contributed by atoms with Crippen LogP contribution in [0.1, 0.15) is 24.3 Å². The van der Waals surface area contributed by atoms with Crippen LogP contribution < -0.4 is 5.32 Å². The lowest BCUT2D eigenvalue weighted by atomic mass is 10.1. The molecule has 0 bridgehead atoms. The van der Waals surface area contributed by atoms with Crippen LogP contribution in [0.15, 0.2) is 12.3 Å². The number of nitrogens with one attached hydrogen (secondary N) is 1. The number of hydrogen-bond donors (Lipinski definition) is 3. The molecule has 0 fully saturated rings. The van der Waals surface area contributed by atoms with E-state index in [0.717, 1.165) is 0 Å². The summed E-state index contributed by atoms with van der Waals surface area (Å²) in [5, 5.41) is 22.4. The summed E-state index contributed by atoms with van der Waals surface area (Å²) in [7, 11) is 0. The van der Waals surface area contributed by atoms with Gasteiger partial charge in [-0.25, -0.2) is 0 Å². The molecule has 1 amide bonds. The summed E-state index contributed by atoms with van der Waals surface area (Å²) in [6.45, 7) is 3.05. The quantitative estimate of drug-likeness (QED) is 0.738. The molecular formula is C11H15ClN2O3. The lowest BCUT2D eigenvalue weighted by molar-refractivity contribution is -0.119. The fraction of sp³-hybridized carbons (Fsp3) is 0.455. The minimum absolute atomic E-state index is 0.0275. The van der Waals surface area contributed by atoms with Gasteiger partial charge >= 0.3 is 0 Å². The maximum absolute atomic E-state index is 10.7. The Hall–Kier alpha value is -1.17. The van der Waals surface area contributed by atoms with Crippen LogP contribution in [0, 0.1) is 6.92 Å². The van der Waals surface area contributed by atoms with Crippen molar-refractivity contribution in [3.8, 4) is 0 Å². The maximum Gasteiger partial charge on any atom is 0.216 e. The monoisotopic (exact) mass is 258 g/mol. The lowest BCUT2D eigenvalue weighted by Gasteiger charge is -2.19. The Kier molecular flexibility index (Phi) is 4.86. The highest BCUT2D eigenvalue weighted by molar-refractivity contribution is 6.30. The van der Waals surface area contributed by atoms with E-state index in [4.69, 9.17) is 11.6 Å². The van der Waals surface area contributed by atoms with Gasteiger partial charge in [0.05, 0.1) is 10.7 Å². The highest BCUT2D eigenvalue weighted by Crippen LogP contribution is 2.20. The molecule has 0 spiro atoms. The van der Waals surface area contributed by atoms with Gasteiger partial charge in [0, 0.05) is 19.7 Å². The average molecular weight is 259 g/mol. The van der Waals surface area contributed by atoms with Crippen LogP contribution in [0.2, 0.25) is 5.02 Å². The first kappa shape index (κ1) is 13.9. The van der Waals surface area contributed by atoms with E-state index in [2.05, 4.69) is 10.3 Å². The SMILES string of the molecule is CC(=O)NCC(O)C(O)c1ncc(Cl)cc1C. The maximum atomic E-state index is 10.7. The second-order valence-electron chi connectivity index (χ2n) is 3.80. The van der Waals surface area contributed by atoms with Crippen molar-refractivity contribution in [3.63, 3.8) is 0 Å². The molecule has 2 unspecified atom stereocenters. The van der Waals surface area contributed by atoms with Crippen molar-refractivity contribution in [2.24, 2.45) is 0 Å². The second-order valence-corrected chi connectivity index (χ2v) is 4.24. The number of nitrogens with zero attached hydrogens (tertiary/aromatic N) is 1. The number of hydrogen-bond acceptors (Lipinski definition) is 4. The number of aliphatic hydroxyl groups excluding tert-OH is 2. The molecule has 17 heavy (non-hydrogen) atoms. The highest BCUT2D eigenvalue weighted by Gasteiger charge is 2.21. The first-order valence-corrected chi connectivity index (χ1v) is 5.52. The van der Waals surface area contributed by atoms with Gasteiger partial charge in [-0.1, -0.05) is 11.6 Å². The van der Waals surface area contributed by atoms with Crippen molar-refractivity contribution in [2.75, 3.05) is 6.54 Å². The number of aryl methyl sites for hydroxylation is 1. The fourth-order valence-corrected chi connectivity index (χ4v) is 1.62. The van der Waals surface area contributed by atoms with Crippen molar-refractivity contribution < 1.29 is 15.0 Å². The number of aromatic nitrogens is 1. The van der Waals surface area contributed by atoms with E-state index < -0.39 is 12.2 Å². The molecule has 0 aliphatic carbocycles. The molecule has 5 nitrogen and oxygen atoms in total. The number of pyridine rings is 1. The molecule has 94 valence electrons.